The molecule has 2 N–H and O–H groups in total. The number of alkyl halides is 2. The van der Waals surface area contributed by atoms with Crippen LogP contribution in [0, 0.1) is 0 Å². The van der Waals surface area contributed by atoms with Crippen molar-refractivity contribution in [3.8, 4) is 5.75 Å². The van der Waals surface area contributed by atoms with Crippen LogP contribution in [-0.2, 0) is 11.3 Å². The highest BCUT2D eigenvalue weighted by molar-refractivity contribution is 5.81. The fourth-order valence-corrected chi connectivity index (χ4v) is 1.59. The first-order chi connectivity index (χ1) is 8.93. The van der Waals surface area contributed by atoms with Crippen LogP contribution in [0.5, 0.6) is 5.75 Å². The third kappa shape index (κ3) is 4.82. The second-order valence-corrected chi connectivity index (χ2v) is 4.23. The van der Waals surface area contributed by atoms with Crippen molar-refractivity contribution in [3.05, 3.63) is 29.8 Å². The van der Waals surface area contributed by atoms with Gasteiger partial charge in [0.1, 0.15) is 5.75 Å². The Morgan fingerprint density at radius 1 is 1.37 bits per heavy atom. The Morgan fingerprint density at radius 2 is 1.95 bits per heavy atom. The van der Waals surface area contributed by atoms with Crippen molar-refractivity contribution in [2.24, 2.45) is 5.73 Å². The smallest absolute Gasteiger partial charge is 0.387 e. The molecule has 4 nitrogen and oxygen atoms in total. The number of carbonyl (C=O) groups is 1. The van der Waals surface area contributed by atoms with Gasteiger partial charge in [-0.25, -0.2) is 0 Å². The van der Waals surface area contributed by atoms with Gasteiger partial charge in [0.05, 0.1) is 6.04 Å². The lowest BCUT2D eigenvalue weighted by Crippen LogP contribution is -2.40. The number of amides is 1. The highest BCUT2D eigenvalue weighted by Gasteiger charge is 2.16. The molecule has 0 aliphatic heterocycles. The molecule has 0 fully saturated rings. The third-order valence-corrected chi connectivity index (χ3v) is 2.70. The molecular formula is C13H18F2N2O2. The van der Waals surface area contributed by atoms with E-state index in [1.54, 1.807) is 19.2 Å². The summed E-state index contributed by atoms with van der Waals surface area (Å²) in [4.78, 5) is 13.3. The summed E-state index contributed by atoms with van der Waals surface area (Å²) in [6.07, 6.45) is 0.574. The predicted octanol–water partition coefficient (Wildman–Crippen LogP) is 1.98. The standard InChI is InChI=1S/C13H18F2N2O2/c1-3-11(16)12(18)17(2)8-9-4-6-10(7-5-9)19-13(14)15/h4-7,11,13H,3,8,16H2,1-2H3/t11-/m1/s1. The van der Waals surface area contributed by atoms with Gasteiger partial charge in [0, 0.05) is 13.6 Å². The zero-order chi connectivity index (χ0) is 14.4. The quantitative estimate of drug-likeness (QED) is 0.861. The van der Waals surface area contributed by atoms with Crippen LogP contribution in [0.25, 0.3) is 0 Å². The van der Waals surface area contributed by atoms with Gasteiger partial charge in [0.15, 0.2) is 0 Å². The van der Waals surface area contributed by atoms with E-state index in [1.807, 2.05) is 6.92 Å². The average molecular weight is 272 g/mol. The summed E-state index contributed by atoms with van der Waals surface area (Å²) in [5.41, 5.74) is 6.48. The van der Waals surface area contributed by atoms with Crippen LogP contribution in [0.3, 0.4) is 0 Å². The maximum atomic E-state index is 12.0. The number of likely N-dealkylation sites (N-methyl/N-ethyl adjacent to an activating group) is 1. The van der Waals surface area contributed by atoms with Gasteiger partial charge in [0.25, 0.3) is 0 Å². The molecule has 0 bridgehead atoms. The second kappa shape index (κ2) is 7.04. The van der Waals surface area contributed by atoms with Gasteiger partial charge in [-0.1, -0.05) is 19.1 Å². The largest absolute Gasteiger partial charge is 0.435 e. The van der Waals surface area contributed by atoms with Crippen molar-refractivity contribution in [1.82, 2.24) is 4.90 Å². The van der Waals surface area contributed by atoms with E-state index in [1.165, 1.54) is 17.0 Å². The van der Waals surface area contributed by atoms with Gasteiger partial charge in [-0.3, -0.25) is 4.79 Å². The number of hydrogen-bond donors (Lipinski definition) is 1. The lowest BCUT2D eigenvalue weighted by Gasteiger charge is -2.20. The first-order valence-corrected chi connectivity index (χ1v) is 5.98. The first-order valence-electron chi connectivity index (χ1n) is 5.98. The molecule has 106 valence electrons. The molecule has 0 aromatic heterocycles. The molecule has 0 heterocycles. The van der Waals surface area contributed by atoms with Gasteiger partial charge in [-0.2, -0.15) is 8.78 Å². The molecule has 0 radical (unpaired) electrons. The molecule has 0 spiro atoms. The van der Waals surface area contributed by atoms with Gasteiger partial charge < -0.3 is 15.4 Å². The van der Waals surface area contributed by atoms with Crippen LogP contribution >= 0.6 is 0 Å². The van der Waals surface area contributed by atoms with Gasteiger partial charge in [-0.15, -0.1) is 0 Å². The molecule has 1 atom stereocenters. The number of benzene rings is 1. The highest BCUT2D eigenvalue weighted by Crippen LogP contribution is 2.15. The molecule has 1 aromatic rings. The highest BCUT2D eigenvalue weighted by atomic mass is 19.3. The van der Waals surface area contributed by atoms with Gasteiger partial charge in [0.2, 0.25) is 5.91 Å². The fraction of sp³-hybridized carbons (Fsp3) is 0.462. The lowest BCUT2D eigenvalue weighted by molar-refractivity contribution is -0.131. The Hall–Kier alpha value is -1.69. The minimum Gasteiger partial charge on any atom is -0.435 e. The molecule has 1 rings (SSSR count). The van der Waals surface area contributed by atoms with Crippen molar-refractivity contribution < 1.29 is 18.3 Å². The van der Waals surface area contributed by atoms with Crippen molar-refractivity contribution in [1.29, 1.82) is 0 Å². The van der Waals surface area contributed by atoms with E-state index in [0.717, 1.165) is 5.56 Å². The molecule has 0 aliphatic carbocycles. The third-order valence-electron chi connectivity index (χ3n) is 2.70. The monoisotopic (exact) mass is 272 g/mol. The molecule has 0 saturated carbocycles. The first kappa shape index (κ1) is 15.4. The zero-order valence-electron chi connectivity index (χ0n) is 11.0. The molecule has 0 aliphatic rings. The number of carbonyl (C=O) groups excluding carboxylic acids is 1. The summed E-state index contributed by atoms with van der Waals surface area (Å²) in [6, 6.07) is 5.66. The van der Waals surface area contributed by atoms with E-state index >= 15 is 0 Å². The van der Waals surface area contributed by atoms with Crippen LogP contribution in [0.4, 0.5) is 8.78 Å². The molecule has 19 heavy (non-hydrogen) atoms. The van der Waals surface area contributed by atoms with E-state index < -0.39 is 12.7 Å². The Morgan fingerprint density at radius 3 is 2.42 bits per heavy atom. The average Bonchev–Trinajstić information content (AvgIpc) is 2.38. The van der Waals surface area contributed by atoms with E-state index in [2.05, 4.69) is 4.74 Å². The van der Waals surface area contributed by atoms with Crippen molar-refractivity contribution in [2.75, 3.05) is 7.05 Å². The summed E-state index contributed by atoms with van der Waals surface area (Å²) in [5.74, 6) is -0.0478. The summed E-state index contributed by atoms with van der Waals surface area (Å²) in [5, 5.41) is 0. The molecule has 6 heteroatoms. The molecular weight excluding hydrogens is 254 g/mol. The number of nitrogens with zero attached hydrogens (tertiary/aromatic N) is 1. The van der Waals surface area contributed by atoms with Crippen molar-refractivity contribution in [2.45, 2.75) is 32.5 Å². The molecule has 0 saturated heterocycles. The van der Waals surface area contributed by atoms with E-state index in [-0.39, 0.29) is 11.7 Å². The lowest BCUT2D eigenvalue weighted by atomic mass is 10.1. The molecule has 0 unspecified atom stereocenters. The Labute approximate surface area is 111 Å². The van der Waals surface area contributed by atoms with Crippen LogP contribution < -0.4 is 10.5 Å². The van der Waals surface area contributed by atoms with Crippen LogP contribution in [0.1, 0.15) is 18.9 Å². The summed E-state index contributed by atoms with van der Waals surface area (Å²) in [7, 11) is 1.65. The molecule has 1 aromatic carbocycles. The minimum atomic E-state index is -2.84. The van der Waals surface area contributed by atoms with Crippen LogP contribution in [0.2, 0.25) is 0 Å². The molecule has 1 amide bonds. The number of hydrogen-bond acceptors (Lipinski definition) is 3. The predicted molar refractivity (Wildman–Crippen MR) is 67.8 cm³/mol. The summed E-state index contributed by atoms with van der Waals surface area (Å²) in [6.45, 7) is -0.619. The zero-order valence-corrected chi connectivity index (χ0v) is 11.0. The maximum absolute atomic E-state index is 12.0. The summed E-state index contributed by atoms with van der Waals surface area (Å²) < 4.78 is 28.2. The maximum Gasteiger partial charge on any atom is 0.387 e. The topological polar surface area (TPSA) is 55.6 Å². The van der Waals surface area contributed by atoms with Crippen LogP contribution in [0.15, 0.2) is 24.3 Å². The van der Waals surface area contributed by atoms with Crippen LogP contribution in [-0.4, -0.2) is 30.5 Å². The fourth-order valence-electron chi connectivity index (χ4n) is 1.59. The number of halogens is 2. The Bertz CT molecular complexity index is 410. The van der Waals surface area contributed by atoms with Crippen molar-refractivity contribution in [3.63, 3.8) is 0 Å². The Balaban J connectivity index is 2.60. The van der Waals surface area contributed by atoms with E-state index in [9.17, 15) is 13.6 Å². The number of nitrogens with two attached hydrogens (primary N) is 1. The SMILES string of the molecule is CC[C@@H](N)C(=O)N(C)Cc1ccc(OC(F)F)cc1. The second-order valence-electron chi connectivity index (χ2n) is 4.23. The van der Waals surface area contributed by atoms with Crippen molar-refractivity contribution >= 4 is 5.91 Å². The Kier molecular flexibility index (Phi) is 5.69. The van der Waals surface area contributed by atoms with E-state index in [0.29, 0.717) is 13.0 Å². The summed E-state index contributed by atoms with van der Waals surface area (Å²) >= 11 is 0. The van der Waals surface area contributed by atoms with E-state index in [4.69, 9.17) is 5.73 Å². The number of ether oxygens (including phenoxy) is 1. The van der Waals surface area contributed by atoms with Gasteiger partial charge in [-0.05, 0) is 24.1 Å². The number of rotatable bonds is 6. The van der Waals surface area contributed by atoms with Gasteiger partial charge >= 0.3 is 6.61 Å². The minimum absolute atomic E-state index is 0.0954. The normalized spacial score (nSPS) is 12.3.